The molecule has 0 saturated carbocycles. The summed E-state index contributed by atoms with van der Waals surface area (Å²) in [5.74, 6) is 0. The molecular formula is C14H28O. The second-order valence-electron chi connectivity index (χ2n) is 4.15. The Bertz CT molecular complexity index is 161. The normalized spacial score (nSPS) is 14.3. The van der Waals surface area contributed by atoms with Crippen molar-refractivity contribution < 1.29 is 4.74 Å². The molecule has 0 heterocycles. The van der Waals surface area contributed by atoms with Crippen molar-refractivity contribution in [3.63, 3.8) is 0 Å². The van der Waals surface area contributed by atoms with Gasteiger partial charge in [0.05, 0.1) is 6.10 Å². The fourth-order valence-electron chi connectivity index (χ4n) is 1.85. The molecule has 0 rings (SSSR count). The first-order valence-electron chi connectivity index (χ1n) is 6.54. The Morgan fingerprint density at radius 3 is 2.40 bits per heavy atom. The lowest BCUT2D eigenvalue weighted by Gasteiger charge is -2.17. The SMILES string of the molecule is CCC=C(C)C(CCCCCC)OCC. The quantitative estimate of drug-likeness (QED) is 0.397. The van der Waals surface area contributed by atoms with Crippen molar-refractivity contribution in [2.75, 3.05) is 6.61 Å². The van der Waals surface area contributed by atoms with Crippen molar-refractivity contribution in [1.29, 1.82) is 0 Å². The summed E-state index contributed by atoms with van der Waals surface area (Å²) in [5, 5.41) is 0. The van der Waals surface area contributed by atoms with E-state index in [4.69, 9.17) is 4.74 Å². The van der Waals surface area contributed by atoms with Crippen LogP contribution < -0.4 is 0 Å². The number of hydrogen-bond acceptors (Lipinski definition) is 1. The molecule has 0 spiro atoms. The molecule has 0 aromatic carbocycles. The van der Waals surface area contributed by atoms with Crippen molar-refractivity contribution in [1.82, 2.24) is 0 Å². The lowest BCUT2D eigenvalue weighted by molar-refractivity contribution is 0.0799. The van der Waals surface area contributed by atoms with E-state index in [1.807, 2.05) is 0 Å². The van der Waals surface area contributed by atoms with Crippen molar-refractivity contribution in [3.8, 4) is 0 Å². The van der Waals surface area contributed by atoms with Crippen LogP contribution in [0.2, 0.25) is 0 Å². The van der Waals surface area contributed by atoms with Gasteiger partial charge in [0.1, 0.15) is 0 Å². The van der Waals surface area contributed by atoms with E-state index in [1.54, 1.807) is 0 Å². The molecule has 1 heteroatoms. The number of ether oxygens (including phenoxy) is 1. The van der Waals surface area contributed by atoms with E-state index < -0.39 is 0 Å². The molecule has 0 aliphatic carbocycles. The number of allylic oxidation sites excluding steroid dienone is 1. The number of hydrogen-bond donors (Lipinski definition) is 0. The molecule has 0 bridgehead atoms. The van der Waals surface area contributed by atoms with Gasteiger partial charge >= 0.3 is 0 Å². The Balaban J connectivity index is 3.87. The van der Waals surface area contributed by atoms with E-state index >= 15 is 0 Å². The molecule has 90 valence electrons. The van der Waals surface area contributed by atoms with Gasteiger partial charge in [-0.05, 0) is 32.3 Å². The molecule has 0 saturated heterocycles. The zero-order valence-corrected chi connectivity index (χ0v) is 11.0. The van der Waals surface area contributed by atoms with Gasteiger partial charge in [-0.1, -0.05) is 45.6 Å². The van der Waals surface area contributed by atoms with Gasteiger partial charge in [-0.15, -0.1) is 0 Å². The molecule has 0 aromatic heterocycles. The maximum atomic E-state index is 5.77. The van der Waals surface area contributed by atoms with Gasteiger partial charge in [0, 0.05) is 6.61 Å². The minimum atomic E-state index is 0.367. The largest absolute Gasteiger partial charge is 0.374 e. The van der Waals surface area contributed by atoms with Gasteiger partial charge in [0.25, 0.3) is 0 Å². The van der Waals surface area contributed by atoms with Gasteiger partial charge in [0.15, 0.2) is 0 Å². The summed E-state index contributed by atoms with van der Waals surface area (Å²) in [6.07, 6.45) is 10.3. The predicted octanol–water partition coefficient (Wildman–Crippen LogP) is 4.72. The average molecular weight is 212 g/mol. The molecule has 0 radical (unpaired) electrons. The molecule has 0 aromatic rings. The monoisotopic (exact) mass is 212 g/mol. The van der Waals surface area contributed by atoms with Crippen molar-refractivity contribution in [3.05, 3.63) is 11.6 Å². The zero-order valence-electron chi connectivity index (χ0n) is 11.0. The molecule has 1 nitrogen and oxygen atoms in total. The Kier molecular flexibility index (Phi) is 10.0. The first-order valence-corrected chi connectivity index (χ1v) is 6.54. The van der Waals surface area contributed by atoms with Gasteiger partial charge in [-0.2, -0.15) is 0 Å². The lowest BCUT2D eigenvalue weighted by Crippen LogP contribution is -2.14. The lowest BCUT2D eigenvalue weighted by atomic mass is 10.0. The smallest absolute Gasteiger partial charge is 0.0782 e. The zero-order chi connectivity index (χ0) is 11.5. The summed E-state index contributed by atoms with van der Waals surface area (Å²) in [6.45, 7) is 9.54. The highest BCUT2D eigenvalue weighted by Gasteiger charge is 2.09. The van der Waals surface area contributed by atoms with E-state index in [-0.39, 0.29) is 0 Å². The van der Waals surface area contributed by atoms with Crippen LogP contribution in [0.25, 0.3) is 0 Å². The highest BCUT2D eigenvalue weighted by Crippen LogP contribution is 2.15. The first-order chi connectivity index (χ1) is 7.26. The van der Waals surface area contributed by atoms with Crippen molar-refractivity contribution >= 4 is 0 Å². The minimum Gasteiger partial charge on any atom is -0.374 e. The van der Waals surface area contributed by atoms with Crippen LogP contribution in [0.5, 0.6) is 0 Å². The van der Waals surface area contributed by atoms with Crippen LogP contribution in [-0.4, -0.2) is 12.7 Å². The van der Waals surface area contributed by atoms with Crippen LogP contribution >= 0.6 is 0 Å². The van der Waals surface area contributed by atoms with Crippen LogP contribution in [0.15, 0.2) is 11.6 Å². The molecule has 0 fully saturated rings. The van der Waals surface area contributed by atoms with E-state index in [1.165, 1.54) is 37.7 Å². The number of unbranched alkanes of at least 4 members (excludes halogenated alkanes) is 3. The molecule has 0 aliphatic heterocycles. The van der Waals surface area contributed by atoms with Gasteiger partial charge in [0.2, 0.25) is 0 Å². The summed E-state index contributed by atoms with van der Waals surface area (Å²) in [4.78, 5) is 0. The summed E-state index contributed by atoms with van der Waals surface area (Å²) in [7, 11) is 0. The maximum absolute atomic E-state index is 5.77. The standard InChI is InChI=1S/C14H28O/c1-5-8-9-10-12-14(15-7-3)13(4)11-6-2/h11,14H,5-10,12H2,1-4H3. The van der Waals surface area contributed by atoms with Crippen LogP contribution in [0.1, 0.15) is 66.2 Å². The van der Waals surface area contributed by atoms with Crippen LogP contribution in [0.4, 0.5) is 0 Å². The Labute approximate surface area is 95.9 Å². The van der Waals surface area contributed by atoms with E-state index in [0.29, 0.717) is 6.10 Å². The summed E-state index contributed by atoms with van der Waals surface area (Å²) in [6, 6.07) is 0. The third-order valence-electron chi connectivity index (χ3n) is 2.72. The molecule has 1 atom stereocenters. The third kappa shape index (κ3) is 7.61. The molecular weight excluding hydrogens is 184 g/mol. The van der Waals surface area contributed by atoms with Gasteiger partial charge < -0.3 is 4.74 Å². The summed E-state index contributed by atoms with van der Waals surface area (Å²) in [5.41, 5.74) is 1.41. The highest BCUT2D eigenvalue weighted by atomic mass is 16.5. The summed E-state index contributed by atoms with van der Waals surface area (Å²) < 4.78 is 5.77. The van der Waals surface area contributed by atoms with E-state index in [9.17, 15) is 0 Å². The van der Waals surface area contributed by atoms with Crippen LogP contribution in [-0.2, 0) is 4.74 Å². The molecule has 15 heavy (non-hydrogen) atoms. The molecule has 0 N–H and O–H groups in total. The number of rotatable bonds is 9. The molecule has 0 amide bonds. The fourth-order valence-corrected chi connectivity index (χ4v) is 1.85. The Morgan fingerprint density at radius 1 is 1.13 bits per heavy atom. The Morgan fingerprint density at radius 2 is 1.87 bits per heavy atom. The topological polar surface area (TPSA) is 9.23 Å². The van der Waals surface area contributed by atoms with Gasteiger partial charge in [-0.25, -0.2) is 0 Å². The third-order valence-corrected chi connectivity index (χ3v) is 2.72. The van der Waals surface area contributed by atoms with Crippen LogP contribution in [0.3, 0.4) is 0 Å². The average Bonchev–Trinajstić information content (AvgIpc) is 2.23. The first kappa shape index (κ1) is 14.7. The van der Waals surface area contributed by atoms with Crippen molar-refractivity contribution in [2.45, 2.75) is 72.3 Å². The molecule has 1 unspecified atom stereocenters. The Hall–Kier alpha value is -0.300. The van der Waals surface area contributed by atoms with Crippen LogP contribution in [0, 0.1) is 0 Å². The van der Waals surface area contributed by atoms with Gasteiger partial charge in [-0.3, -0.25) is 0 Å². The summed E-state index contributed by atoms with van der Waals surface area (Å²) >= 11 is 0. The van der Waals surface area contributed by atoms with E-state index in [2.05, 4.69) is 33.8 Å². The maximum Gasteiger partial charge on any atom is 0.0782 e. The second-order valence-corrected chi connectivity index (χ2v) is 4.15. The van der Waals surface area contributed by atoms with E-state index in [0.717, 1.165) is 13.0 Å². The van der Waals surface area contributed by atoms with Crippen molar-refractivity contribution in [2.24, 2.45) is 0 Å². The fraction of sp³-hybridized carbons (Fsp3) is 0.857. The minimum absolute atomic E-state index is 0.367. The second kappa shape index (κ2) is 10.2. The predicted molar refractivity (Wildman–Crippen MR) is 68.2 cm³/mol. The molecule has 0 aliphatic rings. The highest BCUT2D eigenvalue weighted by molar-refractivity contribution is 5.04.